The lowest BCUT2D eigenvalue weighted by Crippen LogP contribution is -2.35. The molecule has 5 nitrogen and oxygen atoms in total. The van der Waals surface area contributed by atoms with Crippen molar-refractivity contribution in [2.24, 2.45) is 5.73 Å². The van der Waals surface area contributed by atoms with Crippen LogP contribution in [0.4, 0.5) is 0 Å². The Bertz CT molecular complexity index is 619. The molecular weight excluding hydrogens is 266 g/mol. The van der Waals surface area contributed by atoms with Gasteiger partial charge in [0.2, 0.25) is 5.89 Å². The molecule has 1 aromatic heterocycles. The maximum atomic E-state index is 6.33. The number of rotatable bonds is 4. The molecule has 0 saturated carbocycles. The summed E-state index contributed by atoms with van der Waals surface area (Å²) in [6.07, 6.45) is 2.40. The van der Waals surface area contributed by atoms with Crippen LogP contribution in [0.3, 0.4) is 0 Å². The lowest BCUT2D eigenvalue weighted by Gasteiger charge is -2.23. The summed E-state index contributed by atoms with van der Waals surface area (Å²) in [5.74, 6) is 2.26. The van der Waals surface area contributed by atoms with Crippen molar-refractivity contribution in [3.8, 4) is 5.75 Å². The number of hydrogen-bond donors (Lipinski definition) is 1. The van der Waals surface area contributed by atoms with Crippen LogP contribution in [0.25, 0.3) is 0 Å². The molecule has 2 heterocycles. The Morgan fingerprint density at radius 1 is 1.29 bits per heavy atom. The van der Waals surface area contributed by atoms with E-state index in [-0.39, 0.29) is 5.92 Å². The van der Waals surface area contributed by atoms with Crippen molar-refractivity contribution in [3.63, 3.8) is 0 Å². The van der Waals surface area contributed by atoms with Crippen LogP contribution in [-0.2, 0) is 5.54 Å². The van der Waals surface area contributed by atoms with E-state index in [1.807, 2.05) is 32.0 Å². The summed E-state index contributed by atoms with van der Waals surface area (Å²) in [4.78, 5) is 4.59. The quantitative estimate of drug-likeness (QED) is 0.935. The lowest BCUT2D eigenvalue weighted by atomic mass is 9.92. The molecule has 3 rings (SSSR count). The Morgan fingerprint density at radius 3 is 2.81 bits per heavy atom. The number of para-hydroxylation sites is 1. The van der Waals surface area contributed by atoms with Crippen molar-refractivity contribution in [1.82, 2.24) is 10.1 Å². The third kappa shape index (κ3) is 2.42. The number of ether oxygens (including phenoxy) is 1. The number of aromatic nitrogens is 2. The van der Waals surface area contributed by atoms with Crippen molar-refractivity contribution in [2.45, 2.75) is 44.6 Å². The predicted molar refractivity (Wildman–Crippen MR) is 79.1 cm³/mol. The number of nitrogens with zero attached hydrogens (tertiary/aromatic N) is 2. The van der Waals surface area contributed by atoms with Gasteiger partial charge in [-0.25, -0.2) is 0 Å². The molecule has 2 N–H and O–H groups in total. The molecule has 0 aliphatic carbocycles. The fourth-order valence-corrected chi connectivity index (χ4v) is 2.74. The summed E-state index contributed by atoms with van der Waals surface area (Å²) >= 11 is 0. The number of benzene rings is 1. The predicted octanol–water partition coefficient (Wildman–Crippen LogP) is 2.96. The molecule has 1 aliphatic rings. The van der Waals surface area contributed by atoms with Gasteiger partial charge in [0.05, 0.1) is 18.1 Å². The summed E-state index contributed by atoms with van der Waals surface area (Å²) in [5, 5.41) is 4.18. The molecule has 0 spiro atoms. The van der Waals surface area contributed by atoms with Gasteiger partial charge in [-0.05, 0) is 25.3 Å². The van der Waals surface area contributed by atoms with E-state index in [2.05, 4.69) is 16.2 Å². The summed E-state index contributed by atoms with van der Waals surface area (Å²) < 4.78 is 11.1. The Morgan fingerprint density at radius 2 is 2.05 bits per heavy atom. The van der Waals surface area contributed by atoms with Crippen molar-refractivity contribution in [2.75, 3.05) is 6.61 Å². The van der Waals surface area contributed by atoms with Crippen LogP contribution in [0.2, 0.25) is 0 Å². The Labute approximate surface area is 124 Å². The molecule has 0 radical (unpaired) electrons. The van der Waals surface area contributed by atoms with Crippen LogP contribution in [-0.4, -0.2) is 16.7 Å². The molecule has 0 fully saturated rings. The highest BCUT2D eigenvalue weighted by atomic mass is 16.5. The highest BCUT2D eigenvalue weighted by Crippen LogP contribution is 2.37. The normalized spacial score (nSPS) is 18.1. The first kappa shape index (κ1) is 14.1. The van der Waals surface area contributed by atoms with Gasteiger partial charge in [0.15, 0.2) is 5.82 Å². The van der Waals surface area contributed by atoms with Gasteiger partial charge >= 0.3 is 0 Å². The fraction of sp³-hybridized carbons (Fsp3) is 0.500. The molecule has 112 valence electrons. The van der Waals surface area contributed by atoms with Crippen molar-refractivity contribution >= 4 is 0 Å². The van der Waals surface area contributed by atoms with Crippen LogP contribution in [0.15, 0.2) is 28.8 Å². The van der Waals surface area contributed by atoms with Gasteiger partial charge in [-0.15, -0.1) is 0 Å². The van der Waals surface area contributed by atoms with Gasteiger partial charge < -0.3 is 15.0 Å². The van der Waals surface area contributed by atoms with E-state index in [9.17, 15) is 0 Å². The van der Waals surface area contributed by atoms with E-state index in [1.54, 1.807) is 0 Å². The largest absolute Gasteiger partial charge is 0.493 e. The van der Waals surface area contributed by atoms with Gasteiger partial charge in [0, 0.05) is 5.56 Å². The highest BCUT2D eigenvalue weighted by molar-refractivity contribution is 5.40. The molecule has 1 aromatic carbocycles. The lowest BCUT2D eigenvalue weighted by molar-refractivity contribution is 0.261. The Balaban J connectivity index is 1.95. The number of hydrogen-bond acceptors (Lipinski definition) is 5. The second-order valence-electron chi connectivity index (χ2n) is 5.55. The maximum absolute atomic E-state index is 6.33. The average Bonchev–Trinajstić information content (AvgIpc) is 3.04. The summed E-state index contributed by atoms with van der Waals surface area (Å²) in [6, 6.07) is 8.02. The van der Waals surface area contributed by atoms with Crippen LogP contribution < -0.4 is 10.5 Å². The molecule has 1 atom stereocenters. The van der Waals surface area contributed by atoms with E-state index >= 15 is 0 Å². The minimum atomic E-state index is -0.532. The molecule has 2 aromatic rings. The van der Waals surface area contributed by atoms with Crippen LogP contribution in [0.1, 0.15) is 56.3 Å². The zero-order valence-corrected chi connectivity index (χ0v) is 12.5. The van der Waals surface area contributed by atoms with Gasteiger partial charge in [0.25, 0.3) is 0 Å². The molecule has 0 bridgehead atoms. The first-order valence-corrected chi connectivity index (χ1v) is 7.52. The fourth-order valence-electron chi connectivity index (χ4n) is 2.74. The number of nitrogens with two attached hydrogens (primary N) is 1. The Kier molecular flexibility index (Phi) is 3.68. The maximum Gasteiger partial charge on any atom is 0.246 e. The monoisotopic (exact) mass is 287 g/mol. The van der Waals surface area contributed by atoms with E-state index < -0.39 is 5.54 Å². The van der Waals surface area contributed by atoms with Gasteiger partial charge in [-0.2, -0.15) is 4.98 Å². The molecule has 0 saturated heterocycles. The van der Waals surface area contributed by atoms with E-state index in [4.69, 9.17) is 15.0 Å². The van der Waals surface area contributed by atoms with Crippen LogP contribution in [0.5, 0.6) is 5.75 Å². The minimum absolute atomic E-state index is 0.116. The van der Waals surface area contributed by atoms with Crippen molar-refractivity contribution < 1.29 is 9.26 Å². The molecule has 5 heteroatoms. The third-order valence-electron chi connectivity index (χ3n) is 4.40. The zero-order chi connectivity index (χ0) is 14.9. The van der Waals surface area contributed by atoms with E-state index in [1.165, 1.54) is 0 Å². The molecule has 0 amide bonds. The minimum Gasteiger partial charge on any atom is -0.493 e. The topological polar surface area (TPSA) is 74.2 Å². The van der Waals surface area contributed by atoms with Gasteiger partial charge in [0.1, 0.15) is 5.75 Å². The number of fused-ring (bicyclic) bond motifs is 1. The molecular formula is C16H21N3O2. The molecule has 1 aliphatic heterocycles. The standard InChI is InChI=1S/C16H21N3O2/c1-3-16(17,4-2)15-18-14(19-21-15)12-9-10-20-13-8-6-5-7-11(12)13/h5-8,12H,3-4,9-10,17H2,1-2H3. The summed E-state index contributed by atoms with van der Waals surface area (Å²) in [5.41, 5.74) is 6.92. The van der Waals surface area contributed by atoms with Gasteiger partial charge in [-0.1, -0.05) is 37.2 Å². The molecule has 1 unspecified atom stereocenters. The van der Waals surface area contributed by atoms with Crippen molar-refractivity contribution in [3.05, 3.63) is 41.5 Å². The zero-order valence-electron chi connectivity index (χ0n) is 12.5. The SMILES string of the molecule is CCC(N)(CC)c1nc(C2CCOc3ccccc32)no1. The van der Waals surface area contributed by atoms with Crippen LogP contribution in [0, 0.1) is 0 Å². The summed E-state index contributed by atoms with van der Waals surface area (Å²) in [6.45, 7) is 4.75. The second-order valence-corrected chi connectivity index (χ2v) is 5.55. The van der Waals surface area contributed by atoms with E-state index in [0.29, 0.717) is 18.3 Å². The summed E-state index contributed by atoms with van der Waals surface area (Å²) in [7, 11) is 0. The highest BCUT2D eigenvalue weighted by Gasteiger charge is 2.33. The smallest absolute Gasteiger partial charge is 0.246 e. The molecule has 21 heavy (non-hydrogen) atoms. The second kappa shape index (κ2) is 5.48. The van der Waals surface area contributed by atoms with Gasteiger partial charge in [-0.3, -0.25) is 0 Å². The average molecular weight is 287 g/mol. The van der Waals surface area contributed by atoms with E-state index in [0.717, 1.165) is 30.6 Å². The Hall–Kier alpha value is -1.88. The van der Waals surface area contributed by atoms with Crippen LogP contribution >= 0.6 is 0 Å². The first-order chi connectivity index (χ1) is 10.2. The van der Waals surface area contributed by atoms with Crippen molar-refractivity contribution in [1.29, 1.82) is 0 Å². The third-order valence-corrected chi connectivity index (χ3v) is 4.40. The first-order valence-electron chi connectivity index (χ1n) is 7.52.